The number of hydrogen-bond acceptors (Lipinski definition) is 5. The predicted molar refractivity (Wildman–Crippen MR) is 69.4 cm³/mol. The third-order valence-corrected chi connectivity index (χ3v) is 4.18. The first-order valence-electron chi connectivity index (χ1n) is 6.12. The Morgan fingerprint density at radius 3 is 2.84 bits per heavy atom. The number of nitrogens with zero attached hydrogens (tertiary/aromatic N) is 2. The average Bonchev–Trinajstić information content (AvgIpc) is 2.70. The van der Waals surface area contributed by atoms with E-state index in [1.807, 2.05) is 4.90 Å². The van der Waals surface area contributed by atoms with Crippen molar-refractivity contribution < 1.29 is 19.8 Å². The Morgan fingerprint density at radius 2 is 2.21 bits per heavy atom. The molecule has 0 bridgehead atoms. The molecule has 2 heterocycles. The Morgan fingerprint density at radius 1 is 1.47 bits per heavy atom. The molecule has 1 aliphatic heterocycles. The van der Waals surface area contributed by atoms with Gasteiger partial charge in [0.05, 0.1) is 15.8 Å². The van der Waals surface area contributed by atoms with Gasteiger partial charge in [0.1, 0.15) is 0 Å². The molecule has 2 rings (SSSR count). The van der Waals surface area contributed by atoms with Gasteiger partial charge in [0, 0.05) is 13.1 Å². The first-order valence-corrected chi connectivity index (χ1v) is 6.93. The molecule has 1 aliphatic rings. The lowest BCUT2D eigenvalue weighted by atomic mass is 9.98. The Hall–Kier alpha value is -1.47. The lowest BCUT2D eigenvalue weighted by Gasteiger charge is -2.30. The average molecular weight is 284 g/mol. The highest BCUT2D eigenvalue weighted by Crippen LogP contribution is 2.24. The second-order valence-corrected chi connectivity index (χ2v) is 6.01. The topological polar surface area (TPSA) is 90.7 Å². The van der Waals surface area contributed by atoms with Gasteiger partial charge in [0.15, 0.2) is 5.69 Å². The van der Waals surface area contributed by atoms with Crippen LogP contribution in [0.5, 0.6) is 0 Å². The first-order chi connectivity index (χ1) is 8.97. The maximum Gasteiger partial charge on any atom is 0.355 e. The smallest absolute Gasteiger partial charge is 0.355 e. The van der Waals surface area contributed by atoms with Crippen molar-refractivity contribution in [2.45, 2.75) is 26.3 Å². The second kappa shape index (κ2) is 5.66. The van der Waals surface area contributed by atoms with E-state index in [4.69, 9.17) is 10.2 Å². The molecule has 0 radical (unpaired) electrons. The Labute approximate surface area is 114 Å². The maximum absolute atomic E-state index is 11.1. The number of piperidine rings is 1. The zero-order chi connectivity index (χ0) is 14.0. The minimum absolute atomic E-state index is 0.0972. The monoisotopic (exact) mass is 284 g/mol. The molecule has 6 nitrogen and oxygen atoms in total. The van der Waals surface area contributed by atoms with Crippen LogP contribution in [0.1, 0.15) is 33.2 Å². The molecule has 2 N–H and O–H groups in total. The van der Waals surface area contributed by atoms with E-state index in [1.54, 1.807) is 6.92 Å². The van der Waals surface area contributed by atoms with Gasteiger partial charge < -0.3 is 10.2 Å². The fourth-order valence-electron chi connectivity index (χ4n) is 2.35. The van der Waals surface area contributed by atoms with Crippen LogP contribution in [0.4, 0.5) is 0 Å². The van der Waals surface area contributed by atoms with Crippen molar-refractivity contribution in [1.82, 2.24) is 9.88 Å². The number of aromatic nitrogens is 1. The van der Waals surface area contributed by atoms with Crippen molar-refractivity contribution in [3.8, 4) is 0 Å². The van der Waals surface area contributed by atoms with Crippen LogP contribution < -0.4 is 0 Å². The summed E-state index contributed by atoms with van der Waals surface area (Å²) in [5.74, 6) is -2.15. The zero-order valence-corrected chi connectivity index (χ0v) is 11.4. The van der Waals surface area contributed by atoms with E-state index in [9.17, 15) is 9.59 Å². The van der Waals surface area contributed by atoms with E-state index >= 15 is 0 Å². The molecular weight excluding hydrogens is 268 g/mol. The minimum atomic E-state index is -1.02. The number of aromatic carboxylic acids is 1. The largest absolute Gasteiger partial charge is 0.481 e. The molecule has 0 aliphatic carbocycles. The fourth-order valence-corrected chi connectivity index (χ4v) is 3.32. The highest BCUT2D eigenvalue weighted by atomic mass is 32.1. The SMILES string of the molecule is Cc1nc(C(=O)O)c(CN2CCCC(C(=O)O)C2)s1. The highest BCUT2D eigenvalue weighted by molar-refractivity contribution is 7.11. The van der Waals surface area contributed by atoms with E-state index in [1.165, 1.54) is 11.3 Å². The van der Waals surface area contributed by atoms with Gasteiger partial charge in [0.2, 0.25) is 0 Å². The van der Waals surface area contributed by atoms with Crippen molar-refractivity contribution >= 4 is 23.3 Å². The van der Waals surface area contributed by atoms with E-state index < -0.39 is 11.9 Å². The summed E-state index contributed by atoms with van der Waals surface area (Å²) in [6, 6.07) is 0. The number of carboxylic acid groups (broad SMARTS) is 2. The predicted octanol–water partition coefficient (Wildman–Crippen LogP) is 1.45. The van der Waals surface area contributed by atoms with Gasteiger partial charge in [-0.25, -0.2) is 9.78 Å². The molecule has 0 amide bonds. The molecule has 0 spiro atoms. The number of thiazole rings is 1. The molecule has 1 fully saturated rings. The van der Waals surface area contributed by atoms with E-state index in [0.717, 1.165) is 18.0 Å². The lowest BCUT2D eigenvalue weighted by molar-refractivity contribution is -0.143. The van der Waals surface area contributed by atoms with Crippen molar-refractivity contribution in [3.05, 3.63) is 15.6 Å². The summed E-state index contributed by atoms with van der Waals surface area (Å²) in [5, 5.41) is 18.8. The van der Waals surface area contributed by atoms with Gasteiger partial charge in [-0.3, -0.25) is 9.69 Å². The van der Waals surface area contributed by atoms with Crippen molar-refractivity contribution in [2.24, 2.45) is 5.92 Å². The number of aliphatic carboxylic acids is 1. The van der Waals surface area contributed by atoms with Gasteiger partial charge in [-0.2, -0.15) is 0 Å². The standard InChI is InChI=1S/C12H16N2O4S/c1-7-13-10(12(17)18)9(19-7)6-14-4-2-3-8(5-14)11(15)16/h8H,2-6H2,1H3,(H,15,16)(H,17,18). The molecule has 1 unspecified atom stereocenters. The van der Waals surface area contributed by atoms with Crippen LogP contribution in [0.25, 0.3) is 0 Å². The summed E-state index contributed by atoms with van der Waals surface area (Å²) in [7, 11) is 0. The lowest BCUT2D eigenvalue weighted by Crippen LogP contribution is -2.38. The third kappa shape index (κ3) is 3.30. The molecule has 7 heteroatoms. The first kappa shape index (κ1) is 14.0. The van der Waals surface area contributed by atoms with Gasteiger partial charge >= 0.3 is 11.9 Å². The summed E-state index contributed by atoms with van der Waals surface area (Å²) >= 11 is 1.36. The molecular formula is C12H16N2O4S. The minimum Gasteiger partial charge on any atom is -0.481 e. The second-order valence-electron chi connectivity index (χ2n) is 4.72. The van der Waals surface area contributed by atoms with Crippen LogP contribution in [0.15, 0.2) is 0 Å². The molecule has 0 aromatic carbocycles. The summed E-state index contributed by atoms with van der Waals surface area (Å²) in [5.41, 5.74) is 0.0972. The van der Waals surface area contributed by atoms with Crippen LogP contribution >= 0.6 is 11.3 Å². The van der Waals surface area contributed by atoms with Gasteiger partial charge in [-0.15, -0.1) is 11.3 Å². The van der Waals surface area contributed by atoms with Crippen LogP contribution in [0, 0.1) is 12.8 Å². The van der Waals surface area contributed by atoms with Gasteiger partial charge in [0.25, 0.3) is 0 Å². The molecule has 1 aromatic rings. The Balaban J connectivity index is 2.08. The van der Waals surface area contributed by atoms with Crippen LogP contribution in [-0.4, -0.2) is 45.1 Å². The van der Waals surface area contributed by atoms with Crippen LogP contribution in [0.2, 0.25) is 0 Å². The van der Waals surface area contributed by atoms with E-state index in [-0.39, 0.29) is 11.6 Å². The number of carbonyl (C=O) groups is 2. The van der Waals surface area contributed by atoms with E-state index in [2.05, 4.69) is 4.98 Å². The number of rotatable bonds is 4. The highest BCUT2D eigenvalue weighted by Gasteiger charge is 2.27. The summed E-state index contributed by atoms with van der Waals surface area (Å²) < 4.78 is 0. The normalized spacial score (nSPS) is 20.4. The summed E-state index contributed by atoms with van der Waals surface area (Å²) in [4.78, 5) is 28.8. The molecule has 19 heavy (non-hydrogen) atoms. The number of likely N-dealkylation sites (tertiary alicyclic amines) is 1. The molecule has 0 saturated carbocycles. The maximum atomic E-state index is 11.1. The van der Waals surface area contributed by atoms with Crippen LogP contribution in [-0.2, 0) is 11.3 Å². The van der Waals surface area contributed by atoms with Crippen molar-refractivity contribution in [1.29, 1.82) is 0 Å². The summed E-state index contributed by atoms with van der Waals surface area (Å²) in [6.45, 7) is 3.53. The van der Waals surface area contributed by atoms with Crippen molar-refractivity contribution in [3.63, 3.8) is 0 Å². The quantitative estimate of drug-likeness (QED) is 0.869. The number of hydrogen-bond donors (Lipinski definition) is 2. The molecule has 104 valence electrons. The fraction of sp³-hybridized carbons (Fsp3) is 0.583. The number of aryl methyl sites for hydroxylation is 1. The number of carboxylic acids is 2. The Bertz CT molecular complexity index is 500. The molecule has 1 saturated heterocycles. The van der Waals surface area contributed by atoms with Gasteiger partial charge in [-0.1, -0.05) is 0 Å². The summed E-state index contributed by atoms with van der Waals surface area (Å²) in [6.07, 6.45) is 1.52. The molecule has 1 aromatic heterocycles. The third-order valence-electron chi connectivity index (χ3n) is 3.23. The van der Waals surface area contributed by atoms with Crippen LogP contribution in [0.3, 0.4) is 0 Å². The van der Waals surface area contributed by atoms with Crippen molar-refractivity contribution in [2.75, 3.05) is 13.1 Å². The zero-order valence-electron chi connectivity index (χ0n) is 10.6. The van der Waals surface area contributed by atoms with E-state index in [0.29, 0.717) is 24.4 Å². The Kier molecular flexibility index (Phi) is 4.16. The van der Waals surface area contributed by atoms with Gasteiger partial charge in [-0.05, 0) is 26.3 Å². The molecule has 1 atom stereocenters.